The zero-order chi connectivity index (χ0) is 19.0. The molecule has 2 aromatic rings. The van der Waals surface area contributed by atoms with E-state index in [1.807, 2.05) is 0 Å². The summed E-state index contributed by atoms with van der Waals surface area (Å²) in [4.78, 5) is 22.0. The monoisotopic (exact) mass is 371 g/mol. The van der Waals surface area contributed by atoms with Crippen LogP contribution in [0.4, 0.5) is 0 Å². The van der Waals surface area contributed by atoms with Crippen molar-refractivity contribution in [2.24, 2.45) is 0 Å². The van der Waals surface area contributed by atoms with E-state index < -0.39 is 44.7 Å². The van der Waals surface area contributed by atoms with Crippen LogP contribution in [0.5, 0.6) is 5.75 Å². The smallest absolute Gasteiger partial charge is 0.331 e. The number of fused-ring (bicyclic) bond motifs is 1. The molecule has 134 valence electrons. The molecular formula is C14H13NO9S. The summed E-state index contributed by atoms with van der Waals surface area (Å²) in [5, 5.41) is 37.6. The Hall–Kier alpha value is -2.73. The number of carboxylic acids is 2. The molecule has 0 bridgehead atoms. The lowest BCUT2D eigenvalue weighted by Crippen LogP contribution is -2.49. The molecule has 1 unspecified atom stereocenters. The highest BCUT2D eigenvalue weighted by Crippen LogP contribution is 2.37. The van der Waals surface area contributed by atoms with Gasteiger partial charge in [-0.25, -0.2) is 4.79 Å². The molecule has 11 heteroatoms. The summed E-state index contributed by atoms with van der Waals surface area (Å²) in [6.07, 6.45) is -1.09. The molecule has 0 aliphatic carbocycles. The minimum Gasteiger partial charge on any atom is -0.507 e. The number of phenolic OH excluding ortho intramolecular Hbond substituents is 1. The number of hydrogen-bond acceptors (Lipinski definition) is 7. The first-order valence-electron chi connectivity index (χ1n) is 6.63. The van der Waals surface area contributed by atoms with Gasteiger partial charge in [-0.3, -0.25) is 9.35 Å². The van der Waals surface area contributed by atoms with Crippen molar-refractivity contribution in [3.05, 3.63) is 35.9 Å². The van der Waals surface area contributed by atoms with Crippen LogP contribution in [0.3, 0.4) is 0 Å². The number of aliphatic carboxylic acids is 2. The zero-order valence-electron chi connectivity index (χ0n) is 12.4. The summed E-state index contributed by atoms with van der Waals surface area (Å²) < 4.78 is 31.8. The maximum Gasteiger partial charge on any atom is 0.331 e. The van der Waals surface area contributed by atoms with Crippen LogP contribution in [-0.4, -0.2) is 45.4 Å². The van der Waals surface area contributed by atoms with Gasteiger partial charge in [0.25, 0.3) is 10.1 Å². The van der Waals surface area contributed by atoms with Gasteiger partial charge in [-0.15, -0.1) is 0 Å². The van der Waals surface area contributed by atoms with Crippen molar-refractivity contribution in [2.45, 2.75) is 16.9 Å². The van der Waals surface area contributed by atoms with Gasteiger partial charge in [0, 0.05) is 11.5 Å². The summed E-state index contributed by atoms with van der Waals surface area (Å²) >= 11 is 0. The second kappa shape index (κ2) is 6.29. The first kappa shape index (κ1) is 18.6. The summed E-state index contributed by atoms with van der Waals surface area (Å²) in [7, 11) is -4.74. The number of carbonyl (C=O) groups is 2. The fourth-order valence-corrected chi connectivity index (χ4v) is 3.05. The quantitative estimate of drug-likeness (QED) is 0.309. The molecule has 0 aliphatic heterocycles. The first-order valence-corrected chi connectivity index (χ1v) is 8.07. The van der Waals surface area contributed by atoms with Crippen molar-refractivity contribution in [2.75, 3.05) is 0 Å². The molecular weight excluding hydrogens is 358 g/mol. The molecule has 25 heavy (non-hydrogen) atoms. The molecule has 0 aromatic heterocycles. The number of hydrogen-bond donors (Lipinski definition) is 6. The SMILES string of the molecule is O=C(O)CC(NO)(C(=O)O)c1cccc2c(O)cc(S(=O)(=O)O)cc12. The maximum absolute atomic E-state index is 11.7. The Labute approximate surface area is 140 Å². The molecule has 0 saturated heterocycles. The van der Waals surface area contributed by atoms with Gasteiger partial charge in [-0.2, -0.15) is 13.9 Å². The Morgan fingerprint density at radius 2 is 1.76 bits per heavy atom. The predicted molar refractivity (Wildman–Crippen MR) is 81.9 cm³/mol. The average Bonchev–Trinajstić information content (AvgIpc) is 2.50. The summed E-state index contributed by atoms with van der Waals surface area (Å²) in [6.45, 7) is 0. The van der Waals surface area contributed by atoms with Gasteiger partial charge < -0.3 is 20.5 Å². The van der Waals surface area contributed by atoms with Gasteiger partial charge in [0.1, 0.15) is 5.75 Å². The lowest BCUT2D eigenvalue weighted by Gasteiger charge is -2.28. The van der Waals surface area contributed by atoms with Crippen molar-refractivity contribution in [1.82, 2.24) is 5.48 Å². The molecule has 0 aliphatic rings. The molecule has 0 fully saturated rings. The number of rotatable bonds is 6. The van der Waals surface area contributed by atoms with E-state index in [1.165, 1.54) is 17.6 Å². The molecule has 0 spiro atoms. The van der Waals surface area contributed by atoms with Crippen LogP contribution >= 0.6 is 0 Å². The van der Waals surface area contributed by atoms with Crippen LogP contribution in [0.2, 0.25) is 0 Å². The fraction of sp³-hybridized carbons (Fsp3) is 0.143. The third-order valence-electron chi connectivity index (χ3n) is 3.68. The van der Waals surface area contributed by atoms with E-state index in [0.717, 1.165) is 18.2 Å². The van der Waals surface area contributed by atoms with Crippen LogP contribution in [0.1, 0.15) is 12.0 Å². The molecule has 6 N–H and O–H groups in total. The standard InChI is InChI=1S/C14H13NO9S/c16-11-5-7(25(22,23)24)4-9-8(11)2-1-3-10(9)14(15-21,13(19)20)6-12(17)18/h1-5,15-16,21H,6H2,(H,17,18)(H,19,20)(H,22,23,24). The minimum absolute atomic E-state index is 0.00355. The number of hydroxylamine groups is 1. The van der Waals surface area contributed by atoms with Gasteiger partial charge in [-0.1, -0.05) is 18.2 Å². The van der Waals surface area contributed by atoms with Crippen molar-refractivity contribution in [3.63, 3.8) is 0 Å². The van der Waals surface area contributed by atoms with Crippen LogP contribution in [0.15, 0.2) is 35.2 Å². The molecule has 10 nitrogen and oxygen atoms in total. The third-order valence-corrected chi connectivity index (χ3v) is 4.51. The van der Waals surface area contributed by atoms with E-state index >= 15 is 0 Å². The molecule has 0 radical (unpaired) electrons. The highest BCUT2D eigenvalue weighted by molar-refractivity contribution is 7.85. The molecule has 1 atom stereocenters. The van der Waals surface area contributed by atoms with Crippen molar-refractivity contribution >= 4 is 32.8 Å². The van der Waals surface area contributed by atoms with Gasteiger partial charge in [0.2, 0.25) is 0 Å². The minimum atomic E-state index is -4.74. The lowest BCUT2D eigenvalue weighted by molar-refractivity contribution is -0.157. The number of benzene rings is 2. The normalized spacial score (nSPS) is 14.2. The van der Waals surface area contributed by atoms with Crippen molar-refractivity contribution in [3.8, 4) is 5.75 Å². The van der Waals surface area contributed by atoms with Gasteiger partial charge in [0.05, 0.1) is 11.3 Å². The molecule has 2 aromatic carbocycles. The Balaban J connectivity index is 2.95. The van der Waals surface area contributed by atoms with Crippen molar-refractivity contribution < 1.29 is 43.1 Å². The summed E-state index contributed by atoms with van der Waals surface area (Å²) in [5.41, 5.74) is -1.38. The fourth-order valence-electron chi connectivity index (χ4n) is 2.52. The highest BCUT2D eigenvalue weighted by atomic mass is 32.2. The Kier molecular flexibility index (Phi) is 4.68. The van der Waals surface area contributed by atoms with Crippen LogP contribution in [0, 0.1) is 0 Å². The molecule has 0 amide bonds. The van der Waals surface area contributed by atoms with Crippen LogP contribution in [0.25, 0.3) is 10.8 Å². The lowest BCUT2D eigenvalue weighted by atomic mass is 9.84. The number of aromatic hydroxyl groups is 1. The Morgan fingerprint density at radius 3 is 2.24 bits per heavy atom. The first-order chi connectivity index (χ1) is 11.5. The van der Waals surface area contributed by atoms with Gasteiger partial charge >= 0.3 is 11.9 Å². The van der Waals surface area contributed by atoms with E-state index in [2.05, 4.69) is 0 Å². The van der Waals surface area contributed by atoms with Gasteiger partial charge in [-0.05, 0) is 17.0 Å². The largest absolute Gasteiger partial charge is 0.507 e. The van der Waals surface area contributed by atoms with E-state index in [9.17, 15) is 33.4 Å². The van der Waals surface area contributed by atoms with Gasteiger partial charge in [0.15, 0.2) is 5.54 Å². The average molecular weight is 371 g/mol. The Bertz CT molecular complexity index is 970. The zero-order valence-corrected chi connectivity index (χ0v) is 13.2. The highest BCUT2D eigenvalue weighted by Gasteiger charge is 2.44. The van der Waals surface area contributed by atoms with Crippen molar-refractivity contribution in [1.29, 1.82) is 0 Å². The van der Waals surface area contributed by atoms with E-state index in [1.54, 1.807) is 0 Å². The molecule has 0 saturated carbocycles. The molecule has 0 heterocycles. The second-order valence-electron chi connectivity index (χ2n) is 5.21. The second-order valence-corrected chi connectivity index (χ2v) is 6.63. The predicted octanol–water partition coefficient (Wildman–Crippen LogP) is 0.526. The van der Waals surface area contributed by atoms with Crippen LogP contribution < -0.4 is 5.48 Å². The topological polar surface area (TPSA) is 181 Å². The third kappa shape index (κ3) is 3.25. The Morgan fingerprint density at radius 1 is 1.12 bits per heavy atom. The number of nitrogens with one attached hydrogen (secondary N) is 1. The summed E-state index contributed by atoms with van der Waals surface area (Å²) in [6, 6.07) is 5.40. The summed E-state index contributed by atoms with van der Waals surface area (Å²) in [5.74, 6) is -3.89. The molecule has 2 rings (SSSR count). The number of carboxylic acid groups (broad SMARTS) is 2. The van der Waals surface area contributed by atoms with Crippen LogP contribution in [-0.2, 0) is 25.2 Å². The van der Waals surface area contributed by atoms with E-state index in [0.29, 0.717) is 0 Å². The van der Waals surface area contributed by atoms with E-state index in [-0.39, 0.29) is 16.3 Å². The maximum atomic E-state index is 11.7. The van der Waals surface area contributed by atoms with E-state index in [4.69, 9.17) is 9.66 Å². The number of phenols is 1.